The molecule has 1 atom stereocenters. The number of carbonyl (C=O) groups is 2. The topological polar surface area (TPSA) is 127 Å². The summed E-state index contributed by atoms with van der Waals surface area (Å²) >= 11 is 0. The van der Waals surface area contributed by atoms with Crippen LogP contribution in [0.3, 0.4) is 0 Å². The number of aliphatic hydroxyl groups excluding tert-OH is 1. The molecule has 0 saturated carbocycles. The number of Topliss-reactive ketones (excluding diaryl/α,β-unsaturated/α-hetero) is 1. The second-order valence-electron chi connectivity index (χ2n) is 8.45. The Hall–Kier alpha value is -4.02. The van der Waals surface area contributed by atoms with Crippen molar-refractivity contribution in [3.8, 4) is 17.1 Å². The van der Waals surface area contributed by atoms with E-state index < -0.39 is 17.9 Å². The van der Waals surface area contributed by atoms with Crippen molar-refractivity contribution in [2.24, 2.45) is 0 Å². The molecule has 5 rings (SSSR count). The Morgan fingerprint density at radius 3 is 2.49 bits per heavy atom. The Morgan fingerprint density at radius 1 is 1.09 bits per heavy atom. The van der Waals surface area contributed by atoms with Gasteiger partial charge in [-0.05, 0) is 24.6 Å². The fourth-order valence-electron chi connectivity index (χ4n) is 4.48. The van der Waals surface area contributed by atoms with Gasteiger partial charge < -0.3 is 19.7 Å². The summed E-state index contributed by atoms with van der Waals surface area (Å²) in [5.74, 6) is 0.425. The van der Waals surface area contributed by atoms with Gasteiger partial charge in [-0.25, -0.2) is 4.98 Å². The van der Waals surface area contributed by atoms with Crippen LogP contribution in [0.1, 0.15) is 28.0 Å². The third-order valence-electron chi connectivity index (χ3n) is 6.34. The lowest BCUT2D eigenvalue weighted by Crippen LogP contribution is -2.51. The molecule has 0 aliphatic carbocycles. The summed E-state index contributed by atoms with van der Waals surface area (Å²) in [4.78, 5) is 37.4. The second-order valence-corrected chi connectivity index (χ2v) is 8.45. The van der Waals surface area contributed by atoms with Crippen molar-refractivity contribution in [1.82, 2.24) is 30.0 Å². The van der Waals surface area contributed by atoms with Gasteiger partial charge in [0.15, 0.2) is 5.82 Å². The van der Waals surface area contributed by atoms with Crippen LogP contribution in [0, 0.1) is 6.92 Å². The highest BCUT2D eigenvalue weighted by molar-refractivity contribution is 6.45. The van der Waals surface area contributed by atoms with Gasteiger partial charge in [0.05, 0.1) is 23.6 Å². The number of amides is 1. The lowest BCUT2D eigenvalue weighted by molar-refractivity contribution is -0.130. The highest BCUT2D eigenvalue weighted by Gasteiger charge is 2.31. The monoisotopic (exact) mass is 474 g/mol. The molecule has 1 fully saturated rings. The van der Waals surface area contributed by atoms with E-state index in [0.29, 0.717) is 60.0 Å². The quantitative estimate of drug-likeness (QED) is 0.289. The number of rotatable bonds is 6. The minimum Gasteiger partial charge on any atom is -0.496 e. The Bertz CT molecular complexity index is 1370. The highest BCUT2D eigenvalue weighted by Crippen LogP contribution is 2.35. The smallest absolute Gasteiger partial charge is 0.295 e. The number of aromatic nitrogens is 4. The summed E-state index contributed by atoms with van der Waals surface area (Å²) in [7, 11) is 1.52. The van der Waals surface area contributed by atoms with Gasteiger partial charge in [0.2, 0.25) is 0 Å². The summed E-state index contributed by atoms with van der Waals surface area (Å²) < 4.78 is 5.50. The highest BCUT2D eigenvalue weighted by atomic mass is 16.5. The van der Waals surface area contributed by atoms with Crippen LogP contribution in [0.4, 0.5) is 0 Å². The number of nitrogens with zero attached hydrogens (tertiary/aromatic N) is 4. The maximum atomic E-state index is 13.3. The SMILES string of the molecule is COc1ccc(-c2n[nH]c(C)n2)c2[nH]cc(C(=O)C(=O)N3CCN(C(O)c4ccccc4)CC3)c12. The number of hydrogen-bond donors (Lipinski definition) is 3. The van der Waals surface area contributed by atoms with Gasteiger partial charge in [-0.2, -0.15) is 5.10 Å². The lowest BCUT2D eigenvalue weighted by atomic mass is 10.0. The largest absolute Gasteiger partial charge is 0.496 e. The summed E-state index contributed by atoms with van der Waals surface area (Å²) in [6.45, 7) is 3.41. The van der Waals surface area contributed by atoms with E-state index in [1.54, 1.807) is 13.0 Å². The molecule has 1 aliphatic rings. The summed E-state index contributed by atoms with van der Waals surface area (Å²) in [6, 6.07) is 12.9. The van der Waals surface area contributed by atoms with Crippen LogP contribution in [0.2, 0.25) is 0 Å². The van der Waals surface area contributed by atoms with E-state index in [4.69, 9.17) is 4.74 Å². The molecule has 35 heavy (non-hydrogen) atoms. The van der Waals surface area contributed by atoms with E-state index in [0.717, 1.165) is 5.56 Å². The van der Waals surface area contributed by atoms with E-state index in [1.807, 2.05) is 41.3 Å². The zero-order valence-corrected chi connectivity index (χ0v) is 19.5. The third kappa shape index (κ3) is 4.17. The van der Waals surface area contributed by atoms with Crippen molar-refractivity contribution in [2.75, 3.05) is 33.3 Å². The van der Waals surface area contributed by atoms with E-state index in [9.17, 15) is 14.7 Å². The van der Waals surface area contributed by atoms with E-state index in [1.165, 1.54) is 18.2 Å². The molecule has 0 radical (unpaired) electrons. The van der Waals surface area contributed by atoms with Gasteiger partial charge in [0.1, 0.15) is 17.8 Å². The first-order valence-corrected chi connectivity index (χ1v) is 11.4. The fraction of sp³-hybridized carbons (Fsp3) is 0.280. The maximum absolute atomic E-state index is 13.3. The van der Waals surface area contributed by atoms with Crippen LogP contribution in [0.25, 0.3) is 22.3 Å². The average Bonchev–Trinajstić information content (AvgIpc) is 3.54. The number of ether oxygens (including phenoxy) is 1. The number of methoxy groups -OCH3 is 1. The van der Waals surface area contributed by atoms with E-state index >= 15 is 0 Å². The predicted octanol–water partition coefficient (Wildman–Crippen LogP) is 2.29. The first-order valence-electron chi connectivity index (χ1n) is 11.4. The molecule has 3 N–H and O–H groups in total. The maximum Gasteiger partial charge on any atom is 0.295 e. The third-order valence-corrected chi connectivity index (χ3v) is 6.34. The van der Waals surface area contributed by atoms with E-state index in [-0.39, 0.29) is 5.56 Å². The Labute approximate surface area is 201 Å². The molecule has 10 heteroatoms. The Morgan fingerprint density at radius 2 is 1.83 bits per heavy atom. The van der Waals surface area contributed by atoms with Crippen molar-refractivity contribution in [2.45, 2.75) is 13.2 Å². The summed E-state index contributed by atoms with van der Waals surface area (Å²) in [5, 5.41) is 18.2. The molecular weight excluding hydrogens is 448 g/mol. The molecule has 1 aliphatic heterocycles. The molecule has 1 amide bonds. The van der Waals surface area contributed by atoms with Crippen LogP contribution in [-0.2, 0) is 4.79 Å². The van der Waals surface area contributed by atoms with Crippen LogP contribution >= 0.6 is 0 Å². The van der Waals surface area contributed by atoms with Crippen LogP contribution < -0.4 is 4.74 Å². The molecule has 1 saturated heterocycles. The van der Waals surface area contributed by atoms with Crippen molar-refractivity contribution in [1.29, 1.82) is 0 Å². The first kappa shape index (κ1) is 22.8. The second kappa shape index (κ2) is 9.32. The summed E-state index contributed by atoms with van der Waals surface area (Å²) in [6.07, 6.45) is 0.783. The van der Waals surface area contributed by atoms with Crippen molar-refractivity contribution in [3.63, 3.8) is 0 Å². The van der Waals surface area contributed by atoms with Gasteiger partial charge in [0.25, 0.3) is 11.7 Å². The molecule has 10 nitrogen and oxygen atoms in total. The molecular formula is C25H26N6O4. The van der Waals surface area contributed by atoms with Gasteiger partial charge in [0, 0.05) is 37.9 Å². The molecule has 0 bridgehead atoms. The number of ketones is 1. The number of fused-ring (bicyclic) bond motifs is 1. The van der Waals surface area contributed by atoms with Gasteiger partial charge in [-0.3, -0.25) is 19.6 Å². The van der Waals surface area contributed by atoms with Crippen molar-refractivity contribution in [3.05, 3.63) is 65.6 Å². The molecule has 4 aromatic rings. The number of carbonyl (C=O) groups excluding carboxylic acids is 2. The zero-order valence-electron chi connectivity index (χ0n) is 19.5. The standard InChI is InChI=1S/C25H26N6O4/c1-15-27-23(29-28-15)17-8-9-19(35-2)20-18(14-26-21(17)20)22(32)25(34)31-12-10-30(11-13-31)24(33)16-6-4-3-5-7-16/h3-9,14,24,26,33H,10-13H2,1-2H3,(H,27,28,29). The molecule has 1 unspecified atom stereocenters. The average molecular weight is 475 g/mol. The summed E-state index contributed by atoms with van der Waals surface area (Å²) in [5.41, 5.74) is 2.35. The zero-order chi connectivity index (χ0) is 24.5. The molecule has 180 valence electrons. The number of aromatic amines is 2. The Balaban J connectivity index is 1.36. The minimum atomic E-state index is -0.750. The van der Waals surface area contributed by atoms with Gasteiger partial charge in [-0.15, -0.1) is 0 Å². The predicted molar refractivity (Wildman–Crippen MR) is 129 cm³/mol. The van der Waals surface area contributed by atoms with E-state index in [2.05, 4.69) is 20.2 Å². The number of H-pyrrole nitrogens is 2. The fourth-order valence-corrected chi connectivity index (χ4v) is 4.48. The number of aliphatic hydroxyl groups is 1. The number of benzene rings is 2. The molecule has 2 aromatic heterocycles. The Kier molecular flexibility index (Phi) is 6.06. The minimum absolute atomic E-state index is 0.239. The van der Waals surface area contributed by atoms with Crippen LogP contribution in [0.15, 0.2) is 48.7 Å². The molecule has 3 heterocycles. The normalized spacial score (nSPS) is 15.3. The number of aryl methyl sites for hydroxylation is 1. The van der Waals surface area contributed by atoms with Crippen LogP contribution in [0.5, 0.6) is 5.75 Å². The lowest BCUT2D eigenvalue weighted by Gasteiger charge is -2.37. The van der Waals surface area contributed by atoms with Crippen LogP contribution in [-0.4, -0.2) is 80.1 Å². The number of piperazine rings is 1. The van der Waals surface area contributed by atoms with Crippen molar-refractivity contribution >= 4 is 22.6 Å². The molecule has 0 spiro atoms. The van der Waals surface area contributed by atoms with Gasteiger partial charge in [-0.1, -0.05) is 30.3 Å². The van der Waals surface area contributed by atoms with Gasteiger partial charge >= 0.3 is 0 Å². The number of hydrogen-bond acceptors (Lipinski definition) is 7. The molecule has 2 aromatic carbocycles. The van der Waals surface area contributed by atoms with Crippen molar-refractivity contribution < 1.29 is 19.4 Å². The number of nitrogens with one attached hydrogen (secondary N) is 2. The first-order chi connectivity index (χ1) is 17.0.